The van der Waals surface area contributed by atoms with E-state index in [2.05, 4.69) is 30.2 Å². The number of aromatic nitrogens is 1. The number of nitrogens with zero attached hydrogens (tertiary/aromatic N) is 1. The monoisotopic (exact) mass is 291 g/mol. The molecule has 1 aromatic heterocycles. The number of hydrogen-bond acceptors (Lipinski definition) is 4. The fourth-order valence-electron chi connectivity index (χ4n) is 3.50. The molecule has 0 aromatic carbocycles. The summed E-state index contributed by atoms with van der Waals surface area (Å²) in [6.45, 7) is 5.98. The van der Waals surface area contributed by atoms with Crippen molar-refractivity contribution in [2.75, 3.05) is 18.9 Å². The van der Waals surface area contributed by atoms with Crippen molar-refractivity contribution in [3.8, 4) is 0 Å². The van der Waals surface area contributed by atoms with Gasteiger partial charge in [-0.2, -0.15) is 0 Å². The number of hydrogen-bond donors (Lipinski definition) is 2. The quantitative estimate of drug-likeness (QED) is 0.808. The van der Waals surface area contributed by atoms with E-state index in [4.69, 9.17) is 10.5 Å². The lowest BCUT2D eigenvalue weighted by Crippen LogP contribution is -2.48. The maximum atomic E-state index is 6.29. The van der Waals surface area contributed by atoms with E-state index in [0.29, 0.717) is 5.82 Å². The normalized spacial score (nSPS) is 19.3. The third-order valence-corrected chi connectivity index (χ3v) is 4.44. The molecule has 0 bridgehead atoms. The van der Waals surface area contributed by atoms with E-state index < -0.39 is 0 Å². The fourth-order valence-corrected chi connectivity index (χ4v) is 3.50. The Morgan fingerprint density at radius 1 is 1.33 bits per heavy atom. The van der Waals surface area contributed by atoms with Gasteiger partial charge in [-0.15, -0.1) is 0 Å². The molecule has 1 unspecified atom stereocenters. The van der Waals surface area contributed by atoms with Gasteiger partial charge in [0.25, 0.3) is 0 Å². The van der Waals surface area contributed by atoms with Crippen LogP contribution in [0.5, 0.6) is 0 Å². The first-order chi connectivity index (χ1) is 10.2. The lowest BCUT2D eigenvalue weighted by molar-refractivity contribution is -0.0911. The lowest BCUT2D eigenvalue weighted by Gasteiger charge is -2.44. The maximum Gasteiger partial charge on any atom is 0.128 e. The molecule has 1 aliphatic carbocycles. The summed E-state index contributed by atoms with van der Waals surface area (Å²) < 4.78 is 6.29. The summed E-state index contributed by atoms with van der Waals surface area (Å²) in [6, 6.07) is 4.19. The molecule has 4 nitrogen and oxygen atoms in total. The molecule has 1 saturated carbocycles. The van der Waals surface area contributed by atoms with Crippen LogP contribution in [0.15, 0.2) is 18.3 Å². The molecule has 3 N–H and O–H groups in total. The highest BCUT2D eigenvalue weighted by Gasteiger charge is 2.42. The Morgan fingerprint density at radius 2 is 2.10 bits per heavy atom. The highest BCUT2D eigenvalue weighted by atomic mass is 16.5. The second-order valence-corrected chi connectivity index (χ2v) is 5.92. The fraction of sp³-hybridized carbons (Fsp3) is 0.706. The van der Waals surface area contributed by atoms with E-state index in [1.807, 2.05) is 6.07 Å². The van der Waals surface area contributed by atoms with E-state index >= 15 is 0 Å². The molecule has 0 spiro atoms. The zero-order chi connectivity index (χ0) is 15.1. The van der Waals surface area contributed by atoms with Crippen LogP contribution in [0.2, 0.25) is 0 Å². The number of nitrogen functional groups attached to an aromatic ring is 1. The van der Waals surface area contributed by atoms with Gasteiger partial charge in [0, 0.05) is 18.4 Å². The number of nitrogens with two attached hydrogens (primary N) is 1. The average Bonchev–Trinajstić information content (AvgIpc) is 2.50. The van der Waals surface area contributed by atoms with Gasteiger partial charge in [0.1, 0.15) is 5.82 Å². The third kappa shape index (κ3) is 3.74. The number of nitrogens with one attached hydrogen (secondary N) is 1. The smallest absolute Gasteiger partial charge is 0.128 e. The van der Waals surface area contributed by atoms with Crippen molar-refractivity contribution in [1.29, 1.82) is 0 Å². The molecular weight excluding hydrogens is 262 g/mol. The molecule has 0 aliphatic heterocycles. The molecule has 2 rings (SSSR count). The van der Waals surface area contributed by atoms with Gasteiger partial charge < -0.3 is 15.8 Å². The van der Waals surface area contributed by atoms with Crippen molar-refractivity contribution in [2.45, 2.75) is 64.0 Å². The molecule has 0 saturated heterocycles. The predicted molar refractivity (Wildman–Crippen MR) is 87.1 cm³/mol. The van der Waals surface area contributed by atoms with Crippen molar-refractivity contribution in [3.63, 3.8) is 0 Å². The minimum Gasteiger partial charge on any atom is -0.383 e. The number of rotatable bonds is 7. The van der Waals surface area contributed by atoms with Crippen LogP contribution in [0.25, 0.3) is 0 Å². The topological polar surface area (TPSA) is 60.2 Å². The summed E-state index contributed by atoms with van der Waals surface area (Å²) in [7, 11) is 0. The first-order valence-electron chi connectivity index (χ1n) is 8.31. The Hall–Kier alpha value is -1.13. The van der Waals surface area contributed by atoms with Crippen molar-refractivity contribution < 1.29 is 4.74 Å². The summed E-state index contributed by atoms with van der Waals surface area (Å²) in [6.07, 6.45) is 8.79. The van der Waals surface area contributed by atoms with Gasteiger partial charge in [0.2, 0.25) is 0 Å². The summed E-state index contributed by atoms with van der Waals surface area (Å²) in [5.41, 5.74) is 7.09. The van der Waals surface area contributed by atoms with Crippen LogP contribution in [-0.2, 0) is 4.74 Å². The number of pyridine rings is 1. The zero-order valence-corrected chi connectivity index (χ0v) is 13.4. The van der Waals surface area contributed by atoms with Gasteiger partial charge in [-0.1, -0.05) is 32.3 Å². The minimum absolute atomic E-state index is 0.131. The molecule has 4 heteroatoms. The third-order valence-electron chi connectivity index (χ3n) is 4.44. The van der Waals surface area contributed by atoms with E-state index in [9.17, 15) is 0 Å². The van der Waals surface area contributed by atoms with E-state index in [1.54, 1.807) is 6.20 Å². The molecule has 1 aromatic rings. The highest BCUT2D eigenvalue weighted by molar-refractivity contribution is 5.42. The van der Waals surface area contributed by atoms with Gasteiger partial charge in [0.05, 0.1) is 11.6 Å². The SMILES string of the molecule is CCCNC(c1cccnc1N)C1(OCC)CCCCC1. The number of ether oxygens (including phenoxy) is 1. The van der Waals surface area contributed by atoms with Crippen LogP contribution in [-0.4, -0.2) is 23.7 Å². The minimum atomic E-state index is -0.140. The molecule has 1 fully saturated rings. The molecule has 118 valence electrons. The lowest BCUT2D eigenvalue weighted by atomic mass is 9.76. The van der Waals surface area contributed by atoms with Gasteiger partial charge in [0.15, 0.2) is 0 Å². The molecule has 0 amide bonds. The standard InChI is InChI=1S/C17H29N3O/c1-3-12-19-15(14-9-8-13-20-16(14)18)17(21-4-2)10-6-5-7-11-17/h8-9,13,15,19H,3-7,10-12H2,1-2H3,(H2,18,20). The van der Waals surface area contributed by atoms with Crippen molar-refractivity contribution in [3.05, 3.63) is 23.9 Å². The summed E-state index contributed by atoms with van der Waals surface area (Å²) in [5.74, 6) is 0.621. The average molecular weight is 291 g/mol. The Bertz CT molecular complexity index is 424. The van der Waals surface area contributed by atoms with Gasteiger partial charge >= 0.3 is 0 Å². The van der Waals surface area contributed by atoms with Crippen molar-refractivity contribution in [1.82, 2.24) is 10.3 Å². The first kappa shape index (κ1) is 16.2. The first-order valence-corrected chi connectivity index (χ1v) is 8.31. The second-order valence-electron chi connectivity index (χ2n) is 5.92. The summed E-state index contributed by atoms with van der Waals surface area (Å²) in [4.78, 5) is 4.28. The summed E-state index contributed by atoms with van der Waals surface area (Å²) in [5, 5.41) is 3.68. The van der Waals surface area contributed by atoms with Crippen LogP contribution in [0.3, 0.4) is 0 Å². The van der Waals surface area contributed by atoms with Crippen molar-refractivity contribution in [2.24, 2.45) is 0 Å². The van der Waals surface area contributed by atoms with Crippen LogP contribution in [0.1, 0.15) is 64.0 Å². The van der Waals surface area contributed by atoms with Gasteiger partial charge in [-0.3, -0.25) is 0 Å². The Morgan fingerprint density at radius 3 is 2.71 bits per heavy atom. The molecule has 1 heterocycles. The molecule has 1 aliphatic rings. The molecule has 21 heavy (non-hydrogen) atoms. The Balaban J connectivity index is 2.34. The molecule has 0 radical (unpaired) electrons. The van der Waals surface area contributed by atoms with E-state index in [0.717, 1.165) is 38.0 Å². The van der Waals surface area contributed by atoms with E-state index in [1.165, 1.54) is 19.3 Å². The van der Waals surface area contributed by atoms with Gasteiger partial charge in [-0.25, -0.2) is 4.98 Å². The largest absolute Gasteiger partial charge is 0.383 e. The maximum absolute atomic E-state index is 6.29. The molecular formula is C17H29N3O. The Labute approximate surface area is 128 Å². The summed E-state index contributed by atoms with van der Waals surface area (Å²) >= 11 is 0. The highest BCUT2D eigenvalue weighted by Crippen LogP contribution is 2.42. The van der Waals surface area contributed by atoms with E-state index in [-0.39, 0.29) is 11.6 Å². The van der Waals surface area contributed by atoms with Crippen LogP contribution >= 0.6 is 0 Å². The van der Waals surface area contributed by atoms with Crippen LogP contribution < -0.4 is 11.1 Å². The van der Waals surface area contributed by atoms with Gasteiger partial charge in [-0.05, 0) is 38.8 Å². The Kier molecular flexibility index (Phi) is 6.00. The van der Waals surface area contributed by atoms with Crippen LogP contribution in [0, 0.1) is 0 Å². The van der Waals surface area contributed by atoms with Crippen molar-refractivity contribution >= 4 is 5.82 Å². The second kappa shape index (κ2) is 7.76. The zero-order valence-electron chi connectivity index (χ0n) is 13.4. The number of anilines is 1. The van der Waals surface area contributed by atoms with Crippen LogP contribution in [0.4, 0.5) is 5.82 Å². The predicted octanol–water partition coefficient (Wildman–Crippen LogP) is 3.44. The molecule has 1 atom stereocenters.